The maximum Gasteiger partial charge on any atom is 0.325 e. The molecule has 23 heavy (non-hydrogen) atoms. The van der Waals surface area contributed by atoms with Crippen molar-refractivity contribution < 1.29 is 9.59 Å². The number of carbonyl (C=O) groups excluding carboxylic acids is 2. The van der Waals surface area contributed by atoms with E-state index in [-0.39, 0.29) is 18.0 Å². The van der Waals surface area contributed by atoms with E-state index >= 15 is 0 Å². The molecule has 2 aliphatic rings. The van der Waals surface area contributed by atoms with E-state index in [1.54, 1.807) is 11.3 Å². The molecule has 1 N–H and O–H groups in total. The molecule has 2 fully saturated rings. The second-order valence-corrected chi connectivity index (χ2v) is 7.20. The van der Waals surface area contributed by atoms with Crippen LogP contribution in [0.1, 0.15) is 24.6 Å². The predicted molar refractivity (Wildman–Crippen MR) is 90.1 cm³/mol. The van der Waals surface area contributed by atoms with Gasteiger partial charge in [-0.2, -0.15) is 0 Å². The molecule has 3 heterocycles. The topological polar surface area (TPSA) is 55.9 Å². The number of nitrogens with one attached hydrogen (secondary N) is 1. The first kappa shape index (κ1) is 16.4. The van der Waals surface area contributed by atoms with E-state index in [0.29, 0.717) is 6.67 Å². The van der Waals surface area contributed by atoms with Gasteiger partial charge in [0.05, 0.1) is 6.67 Å². The lowest BCUT2D eigenvalue weighted by molar-refractivity contribution is -0.129. The standard InChI is InChI=1S/C16H24N4O2S/c1-2-4-14-15(21)20(16(22)17-14)12-19-8-6-18(7-9-19)11-13-5-3-10-23-13/h3,5,10,14H,2,4,6-9,11-12H2,1H3,(H,17,22). The average Bonchev–Trinajstić information content (AvgIpc) is 3.14. The third-order valence-electron chi connectivity index (χ3n) is 4.45. The maximum absolute atomic E-state index is 12.3. The molecule has 1 unspecified atom stereocenters. The summed E-state index contributed by atoms with van der Waals surface area (Å²) in [6.07, 6.45) is 1.61. The van der Waals surface area contributed by atoms with Crippen LogP contribution < -0.4 is 5.32 Å². The molecule has 0 bridgehead atoms. The maximum atomic E-state index is 12.3. The van der Waals surface area contributed by atoms with Crippen LogP contribution in [-0.4, -0.2) is 65.5 Å². The monoisotopic (exact) mass is 336 g/mol. The van der Waals surface area contributed by atoms with E-state index in [0.717, 1.165) is 45.6 Å². The molecule has 0 spiro atoms. The van der Waals surface area contributed by atoms with Gasteiger partial charge in [-0.15, -0.1) is 11.3 Å². The highest BCUT2D eigenvalue weighted by Crippen LogP contribution is 2.15. The quantitative estimate of drug-likeness (QED) is 0.801. The Kier molecular flexibility index (Phi) is 5.30. The lowest BCUT2D eigenvalue weighted by atomic mass is 10.2. The number of carbonyl (C=O) groups is 2. The van der Waals surface area contributed by atoms with Gasteiger partial charge in [-0.05, 0) is 17.9 Å². The normalized spacial score (nSPS) is 23.5. The smallest absolute Gasteiger partial charge is 0.325 e. The van der Waals surface area contributed by atoms with Crippen LogP contribution in [0.2, 0.25) is 0 Å². The Hall–Kier alpha value is -1.44. The molecule has 3 rings (SSSR count). The second-order valence-electron chi connectivity index (χ2n) is 6.17. The summed E-state index contributed by atoms with van der Waals surface area (Å²) in [6.45, 7) is 7.15. The molecule has 126 valence electrons. The van der Waals surface area contributed by atoms with Crippen molar-refractivity contribution in [3.63, 3.8) is 0 Å². The average molecular weight is 336 g/mol. The van der Waals surface area contributed by atoms with E-state index in [2.05, 4.69) is 32.6 Å². The summed E-state index contributed by atoms with van der Waals surface area (Å²) >= 11 is 1.79. The largest absolute Gasteiger partial charge is 0.326 e. The molecule has 1 atom stereocenters. The van der Waals surface area contributed by atoms with Crippen molar-refractivity contribution in [1.82, 2.24) is 20.0 Å². The summed E-state index contributed by atoms with van der Waals surface area (Å²) in [6, 6.07) is 3.68. The molecular weight excluding hydrogens is 312 g/mol. The minimum atomic E-state index is -0.326. The first-order valence-corrected chi connectivity index (χ1v) is 9.14. The first-order chi connectivity index (χ1) is 11.2. The molecule has 0 radical (unpaired) electrons. The zero-order chi connectivity index (χ0) is 16.2. The highest BCUT2D eigenvalue weighted by molar-refractivity contribution is 7.09. The van der Waals surface area contributed by atoms with Gasteiger partial charge in [0, 0.05) is 37.6 Å². The van der Waals surface area contributed by atoms with E-state index in [1.807, 2.05) is 6.92 Å². The molecule has 1 aromatic heterocycles. The van der Waals surface area contributed by atoms with Crippen LogP contribution >= 0.6 is 11.3 Å². The summed E-state index contributed by atoms with van der Waals surface area (Å²) in [5, 5.41) is 4.89. The number of nitrogens with zero attached hydrogens (tertiary/aromatic N) is 3. The molecule has 0 saturated carbocycles. The Morgan fingerprint density at radius 2 is 1.96 bits per heavy atom. The fraction of sp³-hybridized carbons (Fsp3) is 0.625. The van der Waals surface area contributed by atoms with Gasteiger partial charge in [0.25, 0.3) is 5.91 Å². The van der Waals surface area contributed by atoms with Crippen molar-refractivity contribution in [3.8, 4) is 0 Å². The molecular formula is C16H24N4O2S. The van der Waals surface area contributed by atoms with Crippen LogP contribution in [0.15, 0.2) is 17.5 Å². The van der Waals surface area contributed by atoms with Gasteiger partial charge in [0.1, 0.15) is 6.04 Å². The second kappa shape index (κ2) is 7.42. The first-order valence-electron chi connectivity index (χ1n) is 8.26. The van der Waals surface area contributed by atoms with Gasteiger partial charge in [-0.25, -0.2) is 9.69 Å². The zero-order valence-electron chi connectivity index (χ0n) is 13.5. The highest BCUT2D eigenvalue weighted by atomic mass is 32.1. The summed E-state index contributed by atoms with van der Waals surface area (Å²) in [5.41, 5.74) is 0. The van der Waals surface area contributed by atoms with Crippen LogP contribution in [0.25, 0.3) is 0 Å². The molecule has 0 aromatic carbocycles. The molecule has 6 nitrogen and oxygen atoms in total. The number of hydrogen-bond donors (Lipinski definition) is 1. The Labute approximate surface area is 141 Å². The minimum Gasteiger partial charge on any atom is -0.326 e. The van der Waals surface area contributed by atoms with Crippen molar-refractivity contribution in [1.29, 1.82) is 0 Å². The van der Waals surface area contributed by atoms with Crippen molar-refractivity contribution in [2.45, 2.75) is 32.4 Å². The molecule has 7 heteroatoms. The number of thiophene rings is 1. The number of hydrogen-bond acceptors (Lipinski definition) is 5. The summed E-state index contributed by atoms with van der Waals surface area (Å²) in [7, 11) is 0. The minimum absolute atomic E-state index is 0.0714. The van der Waals surface area contributed by atoms with E-state index in [9.17, 15) is 9.59 Å². The Balaban J connectivity index is 1.47. The lowest BCUT2D eigenvalue weighted by Crippen LogP contribution is -2.51. The number of urea groups is 1. The molecule has 3 amide bonds. The number of amides is 3. The van der Waals surface area contributed by atoms with Crippen LogP contribution in [0.4, 0.5) is 4.79 Å². The number of imide groups is 1. The molecule has 1 aromatic rings. The van der Waals surface area contributed by atoms with Crippen LogP contribution in [0.3, 0.4) is 0 Å². The highest BCUT2D eigenvalue weighted by Gasteiger charge is 2.38. The Bertz CT molecular complexity index is 540. The third kappa shape index (κ3) is 3.91. The molecule has 0 aliphatic carbocycles. The van der Waals surface area contributed by atoms with Gasteiger partial charge in [-0.3, -0.25) is 14.6 Å². The summed E-state index contributed by atoms with van der Waals surface area (Å²) in [4.78, 5) is 31.6. The van der Waals surface area contributed by atoms with Gasteiger partial charge < -0.3 is 5.32 Å². The van der Waals surface area contributed by atoms with Gasteiger partial charge in [-0.1, -0.05) is 19.4 Å². The van der Waals surface area contributed by atoms with Crippen LogP contribution in [0, 0.1) is 0 Å². The van der Waals surface area contributed by atoms with E-state index in [4.69, 9.17) is 0 Å². The van der Waals surface area contributed by atoms with Gasteiger partial charge in [0.2, 0.25) is 0 Å². The van der Waals surface area contributed by atoms with Crippen molar-refractivity contribution in [2.75, 3.05) is 32.8 Å². The number of piperazine rings is 1. The van der Waals surface area contributed by atoms with Gasteiger partial charge in [0.15, 0.2) is 0 Å². The Morgan fingerprint density at radius 1 is 1.22 bits per heavy atom. The van der Waals surface area contributed by atoms with Crippen LogP contribution in [-0.2, 0) is 11.3 Å². The Morgan fingerprint density at radius 3 is 2.61 bits per heavy atom. The predicted octanol–water partition coefficient (Wildman–Crippen LogP) is 1.54. The fourth-order valence-corrected chi connectivity index (χ4v) is 3.85. The number of rotatable bonds is 6. The van der Waals surface area contributed by atoms with Crippen molar-refractivity contribution >= 4 is 23.3 Å². The third-order valence-corrected chi connectivity index (χ3v) is 5.31. The molecule has 2 aliphatic heterocycles. The van der Waals surface area contributed by atoms with Crippen molar-refractivity contribution in [3.05, 3.63) is 22.4 Å². The summed E-state index contributed by atoms with van der Waals surface area (Å²) < 4.78 is 0. The SMILES string of the molecule is CCCC1NC(=O)N(CN2CCN(Cc3cccs3)CC2)C1=O. The molecule has 2 saturated heterocycles. The van der Waals surface area contributed by atoms with E-state index < -0.39 is 0 Å². The summed E-state index contributed by atoms with van der Waals surface area (Å²) in [5.74, 6) is -0.0714. The van der Waals surface area contributed by atoms with Crippen molar-refractivity contribution in [2.24, 2.45) is 0 Å². The van der Waals surface area contributed by atoms with E-state index in [1.165, 1.54) is 9.78 Å². The van der Waals surface area contributed by atoms with Gasteiger partial charge >= 0.3 is 6.03 Å². The van der Waals surface area contributed by atoms with Crippen LogP contribution in [0.5, 0.6) is 0 Å². The zero-order valence-corrected chi connectivity index (χ0v) is 14.3. The lowest BCUT2D eigenvalue weighted by Gasteiger charge is -2.35. The fourth-order valence-electron chi connectivity index (χ4n) is 3.11.